The average Bonchev–Trinajstić information content (AvgIpc) is 3.09. The summed E-state index contributed by atoms with van der Waals surface area (Å²) in [6, 6.07) is 5.74. The Balaban J connectivity index is 1.81. The van der Waals surface area contributed by atoms with E-state index in [2.05, 4.69) is 12.0 Å². The van der Waals surface area contributed by atoms with E-state index in [0.717, 1.165) is 35.0 Å². The highest BCUT2D eigenvalue weighted by Crippen LogP contribution is 2.38. The van der Waals surface area contributed by atoms with Crippen molar-refractivity contribution in [3.05, 3.63) is 35.2 Å². The Morgan fingerprint density at radius 3 is 2.76 bits per heavy atom. The number of hydrogen-bond acceptors (Lipinski definition) is 5. The summed E-state index contributed by atoms with van der Waals surface area (Å²) in [6.45, 7) is 5.92. The molecule has 2 heterocycles. The number of aryl methyl sites for hydroxylation is 2. The van der Waals surface area contributed by atoms with Gasteiger partial charge in [-0.3, -0.25) is 4.68 Å². The molecule has 0 bridgehead atoms. The molecule has 0 saturated carbocycles. The van der Waals surface area contributed by atoms with Crippen LogP contribution in [0.5, 0.6) is 17.2 Å². The molecule has 21 heavy (non-hydrogen) atoms. The molecule has 2 aromatic rings. The summed E-state index contributed by atoms with van der Waals surface area (Å²) < 4.78 is 18.6. The summed E-state index contributed by atoms with van der Waals surface area (Å²) in [6.07, 6.45) is 0. The molecule has 0 radical (unpaired) electrons. The fraction of sp³-hybridized carbons (Fsp3) is 0.400. The zero-order valence-corrected chi connectivity index (χ0v) is 12.3. The molecule has 0 spiro atoms. The van der Waals surface area contributed by atoms with Gasteiger partial charge in [0.15, 0.2) is 11.5 Å². The fourth-order valence-corrected chi connectivity index (χ4v) is 2.40. The van der Waals surface area contributed by atoms with E-state index in [1.807, 2.05) is 29.8 Å². The second kappa shape index (κ2) is 5.65. The van der Waals surface area contributed by atoms with Gasteiger partial charge in [0.2, 0.25) is 6.79 Å². The maximum atomic E-state index is 5.92. The van der Waals surface area contributed by atoms with Crippen LogP contribution in [0.2, 0.25) is 0 Å². The molecule has 112 valence electrons. The fourth-order valence-electron chi connectivity index (χ4n) is 2.40. The monoisotopic (exact) mass is 289 g/mol. The second-order valence-corrected chi connectivity index (χ2v) is 4.90. The minimum absolute atomic E-state index is 0.241. The number of nitrogens with zero attached hydrogens (tertiary/aromatic N) is 2. The second-order valence-electron chi connectivity index (χ2n) is 4.90. The predicted molar refractivity (Wildman–Crippen MR) is 77.4 cm³/mol. The first-order valence-corrected chi connectivity index (χ1v) is 7.00. The molecule has 6 nitrogen and oxygen atoms in total. The Morgan fingerprint density at radius 1 is 1.29 bits per heavy atom. The number of hydrogen-bond donors (Lipinski definition) is 1. The Bertz CT molecular complexity index is 652. The summed E-state index contributed by atoms with van der Waals surface area (Å²) in [5, 5.41) is 4.41. The standard InChI is InChI=1S/C15H19N3O3/c1-3-18-12(4-10(2)17-18)8-19-13-6-15-14(20-9-21-15)5-11(13)7-16/h4-6H,3,7-9,16H2,1-2H3. The molecule has 1 aromatic heterocycles. The van der Waals surface area contributed by atoms with Gasteiger partial charge in [-0.05, 0) is 26.0 Å². The van der Waals surface area contributed by atoms with Crippen LogP contribution in [0.1, 0.15) is 23.9 Å². The van der Waals surface area contributed by atoms with Gasteiger partial charge in [-0.15, -0.1) is 0 Å². The van der Waals surface area contributed by atoms with Gasteiger partial charge >= 0.3 is 0 Å². The summed E-state index contributed by atoms with van der Waals surface area (Å²) in [7, 11) is 0. The van der Waals surface area contributed by atoms with Crippen molar-refractivity contribution in [1.29, 1.82) is 0 Å². The smallest absolute Gasteiger partial charge is 0.231 e. The van der Waals surface area contributed by atoms with Crippen LogP contribution in [0.15, 0.2) is 18.2 Å². The lowest BCUT2D eigenvalue weighted by atomic mass is 10.2. The van der Waals surface area contributed by atoms with Gasteiger partial charge in [0.1, 0.15) is 12.4 Å². The molecule has 6 heteroatoms. The van der Waals surface area contributed by atoms with E-state index >= 15 is 0 Å². The summed E-state index contributed by atoms with van der Waals surface area (Å²) in [5.74, 6) is 2.14. The minimum Gasteiger partial charge on any atom is -0.487 e. The van der Waals surface area contributed by atoms with Crippen LogP contribution in [-0.2, 0) is 19.7 Å². The van der Waals surface area contributed by atoms with Gasteiger partial charge in [-0.25, -0.2) is 0 Å². The highest BCUT2D eigenvalue weighted by Gasteiger charge is 2.18. The molecule has 2 N–H and O–H groups in total. The van der Waals surface area contributed by atoms with Crippen molar-refractivity contribution < 1.29 is 14.2 Å². The van der Waals surface area contributed by atoms with Crippen LogP contribution in [-0.4, -0.2) is 16.6 Å². The van der Waals surface area contributed by atoms with Crippen LogP contribution in [0.3, 0.4) is 0 Å². The number of ether oxygens (including phenoxy) is 3. The molecule has 0 atom stereocenters. The van der Waals surface area contributed by atoms with Crippen molar-refractivity contribution in [2.75, 3.05) is 6.79 Å². The number of rotatable bonds is 5. The van der Waals surface area contributed by atoms with E-state index in [-0.39, 0.29) is 6.79 Å². The average molecular weight is 289 g/mol. The third kappa shape index (κ3) is 2.67. The van der Waals surface area contributed by atoms with E-state index in [1.54, 1.807) is 0 Å². The van der Waals surface area contributed by atoms with Crippen LogP contribution in [0.25, 0.3) is 0 Å². The van der Waals surface area contributed by atoms with Gasteiger partial charge in [0.05, 0.1) is 11.4 Å². The van der Waals surface area contributed by atoms with Crippen LogP contribution >= 0.6 is 0 Å². The summed E-state index contributed by atoms with van der Waals surface area (Å²) in [4.78, 5) is 0. The van der Waals surface area contributed by atoms with Gasteiger partial charge < -0.3 is 19.9 Å². The van der Waals surface area contributed by atoms with Crippen molar-refractivity contribution in [3.63, 3.8) is 0 Å². The van der Waals surface area contributed by atoms with E-state index < -0.39 is 0 Å². The van der Waals surface area contributed by atoms with Gasteiger partial charge in [-0.1, -0.05) is 0 Å². The van der Waals surface area contributed by atoms with Crippen LogP contribution < -0.4 is 19.9 Å². The molecule has 0 amide bonds. The topological polar surface area (TPSA) is 71.5 Å². The van der Waals surface area contributed by atoms with E-state index in [9.17, 15) is 0 Å². The van der Waals surface area contributed by atoms with Gasteiger partial charge in [-0.2, -0.15) is 5.10 Å². The van der Waals surface area contributed by atoms with Crippen molar-refractivity contribution in [2.24, 2.45) is 5.73 Å². The molecular weight excluding hydrogens is 270 g/mol. The van der Waals surface area contributed by atoms with E-state index in [4.69, 9.17) is 19.9 Å². The third-order valence-electron chi connectivity index (χ3n) is 3.44. The molecule has 3 rings (SSSR count). The molecular formula is C15H19N3O3. The highest BCUT2D eigenvalue weighted by molar-refractivity contribution is 5.51. The van der Waals surface area contributed by atoms with Crippen molar-refractivity contribution in [1.82, 2.24) is 9.78 Å². The maximum absolute atomic E-state index is 5.92. The number of fused-ring (bicyclic) bond motifs is 1. The number of aromatic nitrogens is 2. The lowest BCUT2D eigenvalue weighted by molar-refractivity contribution is 0.173. The minimum atomic E-state index is 0.241. The van der Waals surface area contributed by atoms with Gasteiger partial charge in [0.25, 0.3) is 0 Å². The van der Waals surface area contributed by atoms with Gasteiger partial charge in [0, 0.05) is 24.7 Å². The first-order valence-electron chi connectivity index (χ1n) is 7.00. The summed E-state index contributed by atoms with van der Waals surface area (Å²) in [5.41, 5.74) is 8.71. The van der Waals surface area contributed by atoms with Crippen LogP contribution in [0, 0.1) is 6.92 Å². The summed E-state index contributed by atoms with van der Waals surface area (Å²) >= 11 is 0. The quantitative estimate of drug-likeness (QED) is 0.911. The maximum Gasteiger partial charge on any atom is 0.231 e. The Morgan fingerprint density at radius 2 is 2.05 bits per heavy atom. The Kier molecular flexibility index (Phi) is 3.70. The first-order chi connectivity index (χ1) is 10.2. The number of nitrogens with two attached hydrogens (primary N) is 1. The normalized spacial score (nSPS) is 12.7. The Hall–Kier alpha value is -2.21. The zero-order chi connectivity index (χ0) is 14.8. The third-order valence-corrected chi connectivity index (χ3v) is 3.44. The Labute approximate surface area is 123 Å². The first kappa shape index (κ1) is 13.8. The highest BCUT2D eigenvalue weighted by atomic mass is 16.7. The molecule has 1 aliphatic heterocycles. The van der Waals surface area contributed by atoms with E-state index in [1.165, 1.54) is 0 Å². The lowest BCUT2D eigenvalue weighted by Gasteiger charge is -2.12. The molecule has 0 fully saturated rings. The molecule has 0 aliphatic carbocycles. The van der Waals surface area contributed by atoms with Crippen LogP contribution in [0.4, 0.5) is 0 Å². The predicted octanol–water partition coefficient (Wildman–Crippen LogP) is 1.98. The molecule has 0 saturated heterocycles. The van der Waals surface area contributed by atoms with Crippen molar-refractivity contribution in [3.8, 4) is 17.2 Å². The van der Waals surface area contributed by atoms with Crippen molar-refractivity contribution in [2.45, 2.75) is 33.5 Å². The van der Waals surface area contributed by atoms with E-state index in [0.29, 0.717) is 18.9 Å². The zero-order valence-electron chi connectivity index (χ0n) is 12.3. The molecule has 0 unspecified atom stereocenters. The van der Waals surface area contributed by atoms with Crippen molar-refractivity contribution >= 4 is 0 Å². The lowest BCUT2D eigenvalue weighted by Crippen LogP contribution is -2.08. The molecule has 1 aliphatic rings. The SMILES string of the molecule is CCn1nc(C)cc1COc1cc2c(cc1CN)OCO2. The molecule has 1 aromatic carbocycles. The largest absolute Gasteiger partial charge is 0.487 e. The number of benzene rings is 1.